The number of unbranched alkanes of at least 4 members (excludes halogenated alkanes) is 29. The molecule has 0 spiro atoms. The number of amides is 1. The van der Waals surface area contributed by atoms with Crippen molar-refractivity contribution in [3.63, 3.8) is 0 Å². The zero-order valence-corrected chi connectivity index (χ0v) is 36.5. The first-order valence-electron chi connectivity index (χ1n) is 24.5. The van der Waals surface area contributed by atoms with Gasteiger partial charge < -0.3 is 14.8 Å². The third kappa shape index (κ3) is 40.1. The van der Waals surface area contributed by atoms with Crippen molar-refractivity contribution in [3.05, 3.63) is 0 Å². The highest BCUT2D eigenvalue weighted by molar-refractivity contribution is 5.88. The number of rotatable bonds is 44. The van der Waals surface area contributed by atoms with E-state index in [4.69, 9.17) is 10.8 Å². The molecule has 1 N–H and O–H groups in total. The fourth-order valence-electron chi connectivity index (χ4n) is 7.16. The lowest BCUT2D eigenvalue weighted by molar-refractivity contribution is -0.151. The van der Waals surface area contributed by atoms with E-state index in [1.54, 1.807) is 0 Å². The van der Waals surface area contributed by atoms with Crippen LogP contribution in [-0.4, -0.2) is 43.4 Å². The zero-order chi connectivity index (χ0) is 41.0. The number of ether oxygens (including phenoxy) is 2. The average molecular weight is 779 g/mol. The third-order valence-corrected chi connectivity index (χ3v) is 10.9. The van der Waals surface area contributed by atoms with E-state index in [2.05, 4.69) is 19.2 Å². The normalized spacial score (nSPS) is 12.0. The fraction of sp³-hybridized carbons (Fsp3) is 0.917. The van der Waals surface area contributed by atoms with Crippen LogP contribution in [0.15, 0.2) is 0 Å². The van der Waals surface area contributed by atoms with Crippen molar-refractivity contribution in [1.29, 1.82) is 0 Å². The van der Waals surface area contributed by atoms with Crippen LogP contribution in [0.25, 0.3) is 0 Å². The molecule has 1 unspecified atom stereocenters. The van der Waals surface area contributed by atoms with Gasteiger partial charge in [-0.25, -0.2) is 0 Å². The lowest BCUT2D eigenvalue weighted by atomic mass is 9.95. The molecule has 0 saturated carbocycles. The third-order valence-electron chi connectivity index (χ3n) is 10.9. The molecule has 0 bridgehead atoms. The van der Waals surface area contributed by atoms with Crippen molar-refractivity contribution < 1.29 is 30.0 Å². The summed E-state index contributed by atoms with van der Waals surface area (Å²) in [6, 6.07) is 0. The molecule has 1 atom stereocenters. The van der Waals surface area contributed by atoms with E-state index >= 15 is 0 Å². The summed E-state index contributed by atoms with van der Waals surface area (Å²) in [7, 11) is 0. The molecule has 0 aliphatic heterocycles. The van der Waals surface area contributed by atoms with Crippen LogP contribution in [0.3, 0.4) is 0 Å². The standard InChI is InChI=1S/C48H91NO6/c1-4-7-10-13-15-17-19-21-23-25-27-29-31-34-41-54-47(52)39-36-44(43-45(50)37-38-46(51)49-40-33-12-9-6-3)48(53)55-42-35-32-30-28-26-24-22-20-18-16-14-11-8-5-2/h44H,4-43H2,1-3H3,(H,49,51)/i3D. The van der Waals surface area contributed by atoms with Gasteiger partial charge in [0, 0.05) is 33.6 Å². The highest BCUT2D eigenvalue weighted by atomic mass is 16.5. The molecule has 324 valence electrons. The Morgan fingerprint density at radius 2 is 0.873 bits per heavy atom. The Bertz CT molecular complexity index is 899. The number of esters is 2. The molecule has 0 fully saturated rings. The van der Waals surface area contributed by atoms with Crippen LogP contribution in [0.1, 0.15) is 260 Å². The number of hydrogen-bond acceptors (Lipinski definition) is 6. The lowest BCUT2D eigenvalue weighted by Crippen LogP contribution is -2.26. The Kier molecular flexibility index (Phi) is 40.1. The van der Waals surface area contributed by atoms with Crippen LogP contribution in [-0.2, 0) is 28.7 Å². The lowest BCUT2D eigenvalue weighted by Gasteiger charge is -2.15. The monoisotopic (exact) mass is 779 g/mol. The maximum atomic E-state index is 13.1. The van der Waals surface area contributed by atoms with Gasteiger partial charge >= 0.3 is 11.9 Å². The van der Waals surface area contributed by atoms with Gasteiger partial charge in [0.05, 0.1) is 19.1 Å². The summed E-state index contributed by atoms with van der Waals surface area (Å²) in [4.78, 5) is 50.8. The topological polar surface area (TPSA) is 98.8 Å². The Labute approximate surface area is 342 Å². The first-order chi connectivity index (χ1) is 27.4. The van der Waals surface area contributed by atoms with Gasteiger partial charge in [0.15, 0.2) is 0 Å². The molecule has 0 heterocycles. The number of Topliss-reactive ketones (excluding diaryl/α,β-unsaturated/α-hetero) is 1. The number of nitrogens with one attached hydrogen (secondary N) is 1. The molecule has 7 heteroatoms. The van der Waals surface area contributed by atoms with Gasteiger partial charge in [-0.3, -0.25) is 19.2 Å². The summed E-state index contributed by atoms with van der Waals surface area (Å²) >= 11 is 0. The van der Waals surface area contributed by atoms with E-state index in [0.717, 1.165) is 64.2 Å². The Morgan fingerprint density at radius 1 is 0.473 bits per heavy atom. The second kappa shape index (κ2) is 43.2. The Hall–Kier alpha value is -1.92. The molecule has 0 aromatic carbocycles. The van der Waals surface area contributed by atoms with Crippen molar-refractivity contribution in [2.45, 2.75) is 258 Å². The zero-order valence-electron chi connectivity index (χ0n) is 37.5. The molecule has 0 aromatic rings. The Balaban J connectivity index is 4.37. The van der Waals surface area contributed by atoms with Gasteiger partial charge in [0.25, 0.3) is 0 Å². The van der Waals surface area contributed by atoms with Crippen molar-refractivity contribution in [2.24, 2.45) is 5.92 Å². The number of carbonyl (C=O) groups excluding carboxylic acids is 4. The first-order valence-corrected chi connectivity index (χ1v) is 23.8. The second-order valence-electron chi connectivity index (χ2n) is 16.3. The van der Waals surface area contributed by atoms with E-state index in [1.807, 2.05) is 0 Å². The summed E-state index contributed by atoms with van der Waals surface area (Å²) in [6.07, 6.45) is 39.5. The van der Waals surface area contributed by atoms with Crippen LogP contribution >= 0.6 is 0 Å². The van der Waals surface area contributed by atoms with Gasteiger partial charge in [-0.1, -0.05) is 207 Å². The molecular formula is C48H91NO6. The predicted octanol–water partition coefficient (Wildman–Crippen LogP) is 13.9. The van der Waals surface area contributed by atoms with E-state index in [9.17, 15) is 19.2 Å². The van der Waals surface area contributed by atoms with Gasteiger partial charge in [-0.2, -0.15) is 0 Å². The predicted molar refractivity (Wildman–Crippen MR) is 231 cm³/mol. The molecule has 0 aliphatic carbocycles. The maximum absolute atomic E-state index is 13.1. The number of ketones is 1. The highest BCUT2D eigenvalue weighted by Crippen LogP contribution is 2.19. The minimum Gasteiger partial charge on any atom is -0.466 e. The van der Waals surface area contributed by atoms with E-state index in [1.165, 1.54) is 141 Å². The van der Waals surface area contributed by atoms with Gasteiger partial charge in [0.1, 0.15) is 5.78 Å². The molecule has 0 aliphatic rings. The second-order valence-corrected chi connectivity index (χ2v) is 16.3. The molecule has 0 saturated heterocycles. The van der Waals surface area contributed by atoms with Gasteiger partial charge in [0.2, 0.25) is 5.91 Å². The van der Waals surface area contributed by atoms with Gasteiger partial charge in [-0.05, 0) is 25.7 Å². The van der Waals surface area contributed by atoms with Crippen LogP contribution in [0.2, 0.25) is 0 Å². The summed E-state index contributed by atoms with van der Waals surface area (Å²) < 4.78 is 18.3. The highest BCUT2D eigenvalue weighted by Gasteiger charge is 2.25. The van der Waals surface area contributed by atoms with E-state index in [-0.39, 0.29) is 49.8 Å². The smallest absolute Gasteiger partial charge is 0.309 e. The quantitative estimate of drug-likeness (QED) is 0.0488. The van der Waals surface area contributed by atoms with Gasteiger partial charge in [-0.15, -0.1) is 0 Å². The summed E-state index contributed by atoms with van der Waals surface area (Å²) in [5.41, 5.74) is 0. The van der Waals surface area contributed by atoms with Crippen LogP contribution < -0.4 is 5.32 Å². The van der Waals surface area contributed by atoms with E-state index < -0.39 is 11.9 Å². The average Bonchev–Trinajstić information content (AvgIpc) is 3.19. The summed E-state index contributed by atoms with van der Waals surface area (Å²) in [5.74, 6) is -1.79. The molecule has 0 aromatic heterocycles. The SMILES string of the molecule is [2H]CCCCCCNC(=O)CCC(=O)CC(CCC(=O)OCCCCCCCCCCCCCCCC)C(=O)OCCCCCCCCCCCCCCCC. The molecule has 55 heavy (non-hydrogen) atoms. The van der Waals surface area contributed by atoms with Crippen LogP contribution in [0.5, 0.6) is 0 Å². The number of hydrogen-bond donors (Lipinski definition) is 1. The maximum Gasteiger partial charge on any atom is 0.309 e. The van der Waals surface area contributed by atoms with Crippen molar-refractivity contribution >= 4 is 23.6 Å². The summed E-state index contributed by atoms with van der Waals surface area (Å²) in [5, 5.41) is 2.87. The molecule has 0 radical (unpaired) electrons. The minimum atomic E-state index is -0.706. The minimum absolute atomic E-state index is 0.0236. The van der Waals surface area contributed by atoms with Crippen LogP contribution in [0, 0.1) is 5.92 Å². The number of carbonyl (C=O) groups is 4. The Morgan fingerprint density at radius 3 is 1.33 bits per heavy atom. The summed E-state index contributed by atoms with van der Waals surface area (Å²) in [6.45, 7) is 6.25. The van der Waals surface area contributed by atoms with Crippen molar-refractivity contribution in [1.82, 2.24) is 5.32 Å². The molecule has 0 rings (SSSR count). The fourth-order valence-corrected chi connectivity index (χ4v) is 7.16. The molecule has 1 amide bonds. The van der Waals surface area contributed by atoms with Crippen molar-refractivity contribution in [3.8, 4) is 0 Å². The first kappa shape index (κ1) is 51.1. The molecule has 7 nitrogen and oxygen atoms in total. The van der Waals surface area contributed by atoms with Crippen LogP contribution in [0.4, 0.5) is 0 Å². The molecular weight excluding hydrogens is 687 g/mol. The van der Waals surface area contributed by atoms with E-state index in [0.29, 0.717) is 26.7 Å². The largest absolute Gasteiger partial charge is 0.466 e. The van der Waals surface area contributed by atoms with Crippen molar-refractivity contribution in [2.75, 3.05) is 19.8 Å².